The van der Waals surface area contributed by atoms with Crippen LogP contribution in [0, 0.1) is 13.8 Å². The molecule has 5 nitrogen and oxygen atoms in total. The van der Waals surface area contributed by atoms with Crippen LogP contribution in [-0.4, -0.2) is 22.6 Å². The lowest BCUT2D eigenvalue weighted by Gasteiger charge is -2.16. The summed E-state index contributed by atoms with van der Waals surface area (Å²) in [6.45, 7) is 6.83. The minimum absolute atomic E-state index is 0.0735. The van der Waals surface area contributed by atoms with Crippen LogP contribution in [0.4, 0.5) is 5.69 Å². The molecule has 27 heavy (non-hydrogen) atoms. The van der Waals surface area contributed by atoms with Gasteiger partial charge in [-0.15, -0.1) is 0 Å². The molecule has 0 N–H and O–H groups in total. The van der Waals surface area contributed by atoms with Gasteiger partial charge in [-0.1, -0.05) is 36.3 Å². The molecule has 1 fully saturated rings. The van der Waals surface area contributed by atoms with E-state index in [1.165, 1.54) is 16.7 Å². The lowest BCUT2D eigenvalue weighted by atomic mass is 10.1. The van der Waals surface area contributed by atoms with Gasteiger partial charge in [0.05, 0.1) is 5.92 Å². The molecule has 2 heterocycles. The fraction of sp³-hybridized carbons (Fsp3) is 0.318. The smallest absolute Gasteiger partial charge is 0.232 e. The van der Waals surface area contributed by atoms with Crippen LogP contribution in [0.15, 0.2) is 47.0 Å². The van der Waals surface area contributed by atoms with Crippen LogP contribution in [0.1, 0.15) is 41.8 Å². The van der Waals surface area contributed by atoms with Gasteiger partial charge in [-0.05, 0) is 55.2 Å². The van der Waals surface area contributed by atoms with Crippen molar-refractivity contribution in [1.82, 2.24) is 10.1 Å². The molecule has 138 valence electrons. The van der Waals surface area contributed by atoms with Crippen molar-refractivity contribution in [2.75, 3.05) is 11.4 Å². The maximum Gasteiger partial charge on any atom is 0.232 e. The molecule has 0 radical (unpaired) electrons. The second kappa shape index (κ2) is 6.99. The number of carbonyl (C=O) groups excluding carboxylic acids is 1. The summed E-state index contributed by atoms with van der Waals surface area (Å²) in [5.74, 6) is 1.13. The minimum Gasteiger partial charge on any atom is -0.339 e. The van der Waals surface area contributed by atoms with E-state index in [0.29, 0.717) is 24.7 Å². The average Bonchev–Trinajstić information content (AvgIpc) is 3.31. The van der Waals surface area contributed by atoms with Gasteiger partial charge in [0.2, 0.25) is 17.6 Å². The second-order valence-electron chi connectivity index (χ2n) is 7.18. The van der Waals surface area contributed by atoms with E-state index in [4.69, 9.17) is 4.52 Å². The Morgan fingerprint density at radius 3 is 2.78 bits per heavy atom. The molecule has 4 rings (SSSR count). The second-order valence-corrected chi connectivity index (χ2v) is 7.18. The molecule has 1 atom stereocenters. The maximum absolute atomic E-state index is 12.6. The summed E-state index contributed by atoms with van der Waals surface area (Å²) in [6, 6.07) is 14.3. The van der Waals surface area contributed by atoms with Gasteiger partial charge in [0, 0.05) is 24.2 Å². The van der Waals surface area contributed by atoms with E-state index in [1.54, 1.807) is 0 Å². The molecule has 1 aliphatic rings. The van der Waals surface area contributed by atoms with Gasteiger partial charge in [0.25, 0.3) is 0 Å². The predicted octanol–water partition coefficient (Wildman–Crippen LogP) is 4.44. The summed E-state index contributed by atoms with van der Waals surface area (Å²) < 4.78 is 5.51. The number of carbonyl (C=O) groups is 1. The van der Waals surface area contributed by atoms with Crippen molar-refractivity contribution >= 4 is 11.6 Å². The SMILES string of the molecule is CCc1cccc(N2CC(c3nc(-c4ccc(C)c(C)c4)no3)CC2=O)c1. The van der Waals surface area contributed by atoms with Crippen LogP contribution in [0.25, 0.3) is 11.4 Å². The number of hydrogen-bond acceptors (Lipinski definition) is 4. The zero-order valence-electron chi connectivity index (χ0n) is 15.9. The van der Waals surface area contributed by atoms with Gasteiger partial charge in [-0.25, -0.2) is 0 Å². The molecule has 5 heteroatoms. The third-order valence-corrected chi connectivity index (χ3v) is 5.31. The predicted molar refractivity (Wildman–Crippen MR) is 105 cm³/mol. The van der Waals surface area contributed by atoms with Gasteiger partial charge in [-0.2, -0.15) is 4.98 Å². The number of aromatic nitrogens is 2. The summed E-state index contributed by atoms with van der Waals surface area (Å²) >= 11 is 0. The van der Waals surface area contributed by atoms with E-state index < -0.39 is 0 Å². The van der Waals surface area contributed by atoms with Gasteiger partial charge >= 0.3 is 0 Å². The van der Waals surface area contributed by atoms with Gasteiger partial charge in [0.1, 0.15) is 0 Å². The van der Waals surface area contributed by atoms with E-state index in [1.807, 2.05) is 23.1 Å². The van der Waals surface area contributed by atoms with E-state index >= 15 is 0 Å². The standard InChI is InChI=1S/C22H23N3O2/c1-4-16-6-5-7-19(11-16)25-13-18(12-20(25)26)22-23-21(24-27-22)17-9-8-14(2)15(3)10-17/h5-11,18H,4,12-13H2,1-3H3. The van der Waals surface area contributed by atoms with Crippen molar-refractivity contribution in [3.05, 3.63) is 65.0 Å². The highest BCUT2D eigenvalue weighted by Gasteiger charge is 2.35. The van der Waals surface area contributed by atoms with Crippen molar-refractivity contribution in [1.29, 1.82) is 0 Å². The van der Waals surface area contributed by atoms with Crippen LogP contribution in [-0.2, 0) is 11.2 Å². The quantitative estimate of drug-likeness (QED) is 0.689. The van der Waals surface area contributed by atoms with Crippen LogP contribution >= 0.6 is 0 Å². The Bertz CT molecular complexity index is 993. The third-order valence-electron chi connectivity index (χ3n) is 5.31. The fourth-order valence-electron chi connectivity index (χ4n) is 3.47. The van der Waals surface area contributed by atoms with Gasteiger partial charge in [-0.3, -0.25) is 4.79 Å². The van der Waals surface area contributed by atoms with E-state index in [-0.39, 0.29) is 11.8 Å². The highest BCUT2D eigenvalue weighted by molar-refractivity contribution is 5.96. The number of amides is 1. The number of nitrogens with zero attached hydrogens (tertiary/aromatic N) is 3. The van der Waals surface area contributed by atoms with Crippen molar-refractivity contribution < 1.29 is 9.32 Å². The molecule has 0 spiro atoms. The van der Waals surface area contributed by atoms with Gasteiger partial charge < -0.3 is 9.42 Å². The van der Waals surface area contributed by atoms with E-state index in [9.17, 15) is 4.79 Å². The highest BCUT2D eigenvalue weighted by atomic mass is 16.5. The first-order chi connectivity index (χ1) is 13.0. The van der Waals surface area contributed by atoms with E-state index in [0.717, 1.165) is 17.7 Å². The summed E-state index contributed by atoms with van der Waals surface area (Å²) in [7, 11) is 0. The van der Waals surface area contributed by atoms with Crippen LogP contribution in [0.5, 0.6) is 0 Å². The Kier molecular flexibility index (Phi) is 4.52. The zero-order chi connectivity index (χ0) is 19.0. The van der Waals surface area contributed by atoms with Crippen molar-refractivity contribution in [3.63, 3.8) is 0 Å². The largest absolute Gasteiger partial charge is 0.339 e. The minimum atomic E-state index is -0.0735. The number of benzene rings is 2. The number of aryl methyl sites for hydroxylation is 3. The molecular formula is C22H23N3O2. The van der Waals surface area contributed by atoms with E-state index in [2.05, 4.69) is 55.2 Å². The van der Waals surface area contributed by atoms with Crippen molar-refractivity contribution in [3.8, 4) is 11.4 Å². The molecule has 0 bridgehead atoms. The summed E-state index contributed by atoms with van der Waals surface area (Å²) in [4.78, 5) is 18.9. The molecule has 1 aliphatic heterocycles. The molecule has 2 aromatic carbocycles. The normalized spacial score (nSPS) is 16.9. The number of rotatable bonds is 4. The zero-order valence-corrected chi connectivity index (χ0v) is 15.9. The Hall–Kier alpha value is -2.95. The molecule has 3 aromatic rings. The van der Waals surface area contributed by atoms with Crippen molar-refractivity contribution in [2.24, 2.45) is 0 Å². The first-order valence-electron chi connectivity index (χ1n) is 9.35. The lowest BCUT2D eigenvalue weighted by Crippen LogP contribution is -2.24. The molecule has 1 amide bonds. The summed E-state index contributed by atoms with van der Waals surface area (Å²) in [5, 5.41) is 4.14. The molecule has 1 unspecified atom stereocenters. The maximum atomic E-state index is 12.6. The average molecular weight is 361 g/mol. The Morgan fingerprint density at radius 1 is 1.15 bits per heavy atom. The van der Waals surface area contributed by atoms with Crippen LogP contribution in [0.3, 0.4) is 0 Å². The Balaban J connectivity index is 1.55. The first kappa shape index (κ1) is 17.5. The van der Waals surface area contributed by atoms with Crippen LogP contribution < -0.4 is 4.90 Å². The Labute approximate surface area is 159 Å². The molecule has 0 aliphatic carbocycles. The molecule has 0 saturated carbocycles. The third kappa shape index (κ3) is 3.37. The molecular weight excluding hydrogens is 338 g/mol. The fourth-order valence-corrected chi connectivity index (χ4v) is 3.47. The first-order valence-corrected chi connectivity index (χ1v) is 9.35. The highest BCUT2D eigenvalue weighted by Crippen LogP contribution is 2.32. The monoisotopic (exact) mass is 361 g/mol. The van der Waals surface area contributed by atoms with Gasteiger partial charge in [0.15, 0.2) is 0 Å². The lowest BCUT2D eigenvalue weighted by molar-refractivity contribution is -0.117. The molecule has 1 saturated heterocycles. The summed E-state index contributed by atoms with van der Waals surface area (Å²) in [5.41, 5.74) is 5.52. The number of anilines is 1. The topological polar surface area (TPSA) is 59.2 Å². The Morgan fingerprint density at radius 2 is 2.00 bits per heavy atom. The number of hydrogen-bond donors (Lipinski definition) is 0. The van der Waals surface area contributed by atoms with Crippen molar-refractivity contribution in [2.45, 2.75) is 39.5 Å². The van der Waals surface area contributed by atoms with Crippen LogP contribution in [0.2, 0.25) is 0 Å². The molecule has 1 aromatic heterocycles. The summed E-state index contributed by atoms with van der Waals surface area (Å²) in [6.07, 6.45) is 1.34.